The molecule has 0 nitrogen and oxygen atoms in total. The highest BCUT2D eigenvalue weighted by Gasteiger charge is 2.98. The molecule has 0 saturated heterocycles. The molecule has 4 unspecified atom stereocenters. The number of allylic oxidation sites excluding steroid dienone is 4. The fraction of sp³-hybridized carbons (Fsp3) is 0.750. The van der Waals surface area contributed by atoms with Crippen LogP contribution in [0.1, 0.15) is 38.5 Å². The van der Waals surface area contributed by atoms with E-state index in [9.17, 15) is 0 Å². The highest BCUT2D eigenvalue weighted by molar-refractivity contribution is 9.26. The van der Waals surface area contributed by atoms with Gasteiger partial charge in [0.05, 0.1) is 6.47 Å². The summed E-state index contributed by atoms with van der Waals surface area (Å²) >= 11 is 16.4. The fourth-order valence-corrected chi connectivity index (χ4v) is 11.4. The Bertz CT molecular complexity index is 495. The lowest BCUT2D eigenvalue weighted by Gasteiger charge is -2.40. The molecule has 0 aromatic rings. The number of rotatable bonds is 0. The van der Waals surface area contributed by atoms with Crippen LogP contribution in [0, 0.1) is 21.7 Å². The molecule has 0 bridgehead atoms. The van der Waals surface area contributed by atoms with Crippen molar-refractivity contribution in [2.75, 3.05) is 0 Å². The van der Waals surface area contributed by atoms with Crippen LogP contribution in [-0.2, 0) is 0 Å². The highest BCUT2D eigenvalue weighted by Crippen LogP contribution is 3.01. The summed E-state index contributed by atoms with van der Waals surface area (Å²) in [4.78, 5) is 0. The third-order valence-corrected chi connectivity index (χ3v) is 13.6. The van der Waals surface area contributed by atoms with E-state index in [0.29, 0.717) is 21.7 Å². The monoisotopic (exact) mass is 524 g/mol. The van der Waals surface area contributed by atoms with E-state index >= 15 is 0 Å². The van der Waals surface area contributed by atoms with Crippen molar-refractivity contribution in [3.63, 3.8) is 0 Å². The first-order valence-electron chi connectivity index (χ1n) is 7.38. The number of alkyl halides is 4. The zero-order valence-corrected chi connectivity index (χ0v) is 17.4. The lowest BCUT2D eigenvalue weighted by atomic mass is 9.62. The number of halogens is 4. The lowest BCUT2D eigenvalue weighted by molar-refractivity contribution is 0.107. The predicted molar refractivity (Wildman–Crippen MR) is 96.9 cm³/mol. The molecule has 0 heterocycles. The van der Waals surface area contributed by atoms with Crippen molar-refractivity contribution >= 4 is 63.7 Å². The minimum atomic E-state index is 0.150. The Morgan fingerprint density at radius 2 is 0.750 bits per heavy atom. The summed E-state index contributed by atoms with van der Waals surface area (Å²) in [7, 11) is 0. The zero-order valence-electron chi connectivity index (χ0n) is 11.1. The van der Waals surface area contributed by atoms with Crippen LogP contribution >= 0.6 is 63.7 Å². The Kier molecular flexibility index (Phi) is 2.36. The van der Waals surface area contributed by atoms with E-state index in [0.717, 1.165) is 0 Å². The Labute approximate surface area is 153 Å². The van der Waals surface area contributed by atoms with Crippen molar-refractivity contribution in [3.05, 3.63) is 24.3 Å². The summed E-state index contributed by atoms with van der Waals surface area (Å²) in [5.74, 6) is 0. The SMILES string of the molecule is BrC1(Br)C23CC=CCC12CC12CC=CCC1(C3)C2(Br)Br. The van der Waals surface area contributed by atoms with E-state index in [-0.39, 0.29) is 6.47 Å². The standard InChI is InChI=1S/C16H16Br4/c17-15(18)11-5-1-2-6-12(11,15)10-14-8-4-3-7-13(14,9-11)16(14,19)20/h1-4H,5-10H2. The van der Waals surface area contributed by atoms with Gasteiger partial charge in [-0.15, -0.1) is 0 Å². The minimum Gasteiger partial charge on any atom is -0.0879 e. The van der Waals surface area contributed by atoms with Crippen molar-refractivity contribution in [3.8, 4) is 0 Å². The predicted octanol–water partition coefficient (Wildman–Crippen LogP) is 6.43. The second-order valence-corrected chi connectivity index (χ2v) is 14.5. The van der Waals surface area contributed by atoms with Crippen molar-refractivity contribution in [1.82, 2.24) is 0 Å². The Balaban J connectivity index is 1.70. The largest absolute Gasteiger partial charge is 0.0935 e. The van der Waals surface area contributed by atoms with Gasteiger partial charge in [-0.3, -0.25) is 0 Å². The van der Waals surface area contributed by atoms with Crippen molar-refractivity contribution in [2.45, 2.75) is 45.0 Å². The van der Waals surface area contributed by atoms with Gasteiger partial charge < -0.3 is 0 Å². The van der Waals surface area contributed by atoms with Crippen molar-refractivity contribution in [1.29, 1.82) is 0 Å². The van der Waals surface area contributed by atoms with Crippen LogP contribution in [0.4, 0.5) is 0 Å². The Hall–Kier alpha value is 1.40. The molecule has 5 aliphatic rings. The van der Waals surface area contributed by atoms with Crippen molar-refractivity contribution < 1.29 is 0 Å². The van der Waals surface area contributed by atoms with E-state index in [1.54, 1.807) is 0 Å². The van der Waals surface area contributed by atoms with Gasteiger partial charge in [-0.2, -0.15) is 0 Å². The van der Waals surface area contributed by atoms with Gasteiger partial charge in [0.15, 0.2) is 0 Å². The molecule has 20 heavy (non-hydrogen) atoms. The molecule has 3 saturated carbocycles. The van der Waals surface area contributed by atoms with E-state index in [2.05, 4.69) is 88.0 Å². The van der Waals surface area contributed by atoms with Crippen molar-refractivity contribution in [2.24, 2.45) is 21.7 Å². The van der Waals surface area contributed by atoms with Gasteiger partial charge in [0.2, 0.25) is 0 Å². The normalized spacial score (nSPS) is 59.0. The van der Waals surface area contributed by atoms with Gasteiger partial charge in [-0.25, -0.2) is 0 Å². The average Bonchev–Trinajstić information content (AvgIpc) is 3.06. The van der Waals surface area contributed by atoms with Crippen LogP contribution < -0.4 is 0 Å². The van der Waals surface area contributed by atoms with E-state index in [1.165, 1.54) is 38.5 Å². The first-order chi connectivity index (χ1) is 9.33. The van der Waals surface area contributed by atoms with Gasteiger partial charge in [-0.05, 0) is 38.5 Å². The molecule has 4 heteroatoms. The molecular weight excluding hydrogens is 512 g/mol. The molecule has 0 radical (unpaired) electrons. The first kappa shape index (κ1) is 13.8. The van der Waals surface area contributed by atoms with E-state index in [1.807, 2.05) is 0 Å². The molecule has 0 amide bonds. The second-order valence-electron chi connectivity index (χ2n) is 7.59. The lowest BCUT2D eigenvalue weighted by Crippen LogP contribution is -2.33. The molecule has 4 atom stereocenters. The third-order valence-electron chi connectivity index (χ3n) is 7.52. The average molecular weight is 528 g/mol. The molecule has 108 valence electrons. The second kappa shape index (κ2) is 3.42. The number of hydrogen-bond acceptors (Lipinski definition) is 0. The first-order valence-corrected chi connectivity index (χ1v) is 10.6. The molecule has 0 aromatic carbocycles. The minimum absolute atomic E-state index is 0.150. The Morgan fingerprint density at radius 1 is 0.500 bits per heavy atom. The summed E-state index contributed by atoms with van der Waals surface area (Å²) in [6, 6.07) is 0. The molecule has 0 spiro atoms. The van der Waals surface area contributed by atoms with Crippen LogP contribution in [-0.4, -0.2) is 6.47 Å². The van der Waals surface area contributed by atoms with Crippen LogP contribution in [0.25, 0.3) is 0 Å². The third kappa shape index (κ3) is 0.991. The van der Waals surface area contributed by atoms with E-state index < -0.39 is 0 Å². The van der Waals surface area contributed by atoms with Gasteiger partial charge >= 0.3 is 0 Å². The fourth-order valence-electron chi connectivity index (χ4n) is 6.35. The summed E-state index contributed by atoms with van der Waals surface area (Å²) in [5, 5.41) is 0. The van der Waals surface area contributed by atoms with Gasteiger partial charge in [0.1, 0.15) is 0 Å². The van der Waals surface area contributed by atoms with Gasteiger partial charge in [0, 0.05) is 21.7 Å². The Morgan fingerprint density at radius 3 is 1.00 bits per heavy atom. The molecule has 0 aromatic heterocycles. The quantitative estimate of drug-likeness (QED) is 0.252. The van der Waals surface area contributed by atoms with Crippen LogP contribution in [0.2, 0.25) is 0 Å². The molecule has 5 aliphatic carbocycles. The maximum atomic E-state index is 4.09. The maximum Gasteiger partial charge on any atom is 0.0935 e. The zero-order chi connectivity index (χ0) is 14.1. The van der Waals surface area contributed by atoms with E-state index in [4.69, 9.17) is 0 Å². The van der Waals surface area contributed by atoms with Crippen LogP contribution in [0.3, 0.4) is 0 Å². The van der Waals surface area contributed by atoms with Gasteiger partial charge in [-0.1, -0.05) is 88.0 Å². The molecule has 3 fully saturated rings. The molecule has 5 rings (SSSR count). The smallest absolute Gasteiger partial charge is 0.0879 e. The van der Waals surface area contributed by atoms with Crippen LogP contribution in [0.15, 0.2) is 24.3 Å². The molecular formula is C16H16Br4. The maximum absolute atomic E-state index is 4.09. The molecule has 0 aliphatic heterocycles. The topological polar surface area (TPSA) is 0 Å². The summed E-state index contributed by atoms with van der Waals surface area (Å²) in [5.41, 5.74) is 1.64. The van der Waals surface area contributed by atoms with Gasteiger partial charge in [0.25, 0.3) is 0 Å². The summed E-state index contributed by atoms with van der Waals surface area (Å²) in [6.07, 6.45) is 17.2. The summed E-state index contributed by atoms with van der Waals surface area (Å²) in [6.45, 7) is 0. The van der Waals surface area contributed by atoms with Crippen LogP contribution in [0.5, 0.6) is 0 Å². The number of hydrogen-bond donors (Lipinski definition) is 0. The molecule has 0 N–H and O–H groups in total. The highest BCUT2D eigenvalue weighted by atomic mass is 79.9. The summed E-state index contributed by atoms with van der Waals surface area (Å²) < 4.78 is 0.300.